The van der Waals surface area contributed by atoms with Crippen LogP contribution in [0.3, 0.4) is 0 Å². The lowest BCUT2D eigenvalue weighted by molar-refractivity contribution is 0.138. The first kappa shape index (κ1) is 13.9. The van der Waals surface area contributed by atoms with Crippen LogP contribution in [0.2, 0.25) is 0 Å². The second-order valence-electron chi connectivity index (χ2n) is 5.31. The fourth-order valence-electron chi connectivity index (χ4n) is 2.49. The number of hydrogen-bond acceptors (Lipinski definition) is 3. The molecule has 16 heavy (non-hydrogen) atoms. The average Bonchev–Trinajstić information content (AvgIpc) is 2.31. The minimum absolute atomic E-state index is 0.716. The molecule has 0 amide bonds. The minimum atomic E-state index is 0.716. The van der Waals surface area contributed by atoms with Gasteiger partial charge in [-0.2, -0.15) is 0 Å². The Morgan fingerprint density at radius 3 is 2.50 bits per heavy atom. The van der Waals surface area contributed by atoms with E-state index in [4.69, 9.17) is 5.73 Å². The van der Waals surface area contributed by atoms with Gasteiger partial charge in [-0.1, -0.05) is 13.3 Å². The molecule has 1 saturated heterocycles. The van der Waals surface area contributed by atoms with Crippen LogP contribution in [0, 0.1) is 5.92 Å². The number of rotatable bonds is 6. The Hall–Kier alpha value is -0.120. The summed E-state index contributed by atoms with van der Waals surface area (Å²) in [7, 11) is 4.50. The van der Waals surface area contributed by atoms with E-state index < -0.39 is 0 Å². The van der Waals surface area contributed by atoms with Gasteiger partial charge in [0.15, 0.2) is 0 Å². The fourth-order valence-corrected chi connectivity index (χ4v) is 2.49. The second kappa shape index (κ2) is 7.25. The molecule has 0 aromatic heterocycles. The van der Waals surface area contributed by atoms with Gasteiger partial charge in [-0.25, -0.2) is 0 Å². The van der Waals surface area contributed by atoms with Crippen LogP contribution in [-0.4, -0.2) is 56.1 Å². The maximum Gasteiger partial charge on any atom is 0.0117 e. The second-order valence-corrected chi connectivity index (χ2v) is 5.31. The van der Waals surface area contributed by atoms with Gasteiger partial charge in [0, 0.05) is 6.04 Å². The predicted molar refractivity (Wildman–Crippen MR) is 70.6 cm³/mol. The van der Waals surface area contributed by atoms with Crippen LogP contribution >= 0.6 is 0 Å². The molecule has 1 aliphatic heterocycles. The molecule has 96 valence electrons. The van der Waals surface area contributed by atoms with Gasteiger partial charge in [0.2, 0.25) is 0 Å². The van der Waals surface area contributed by atoms with Gasteiger partial charge < -0.3 is 15.5 Å². The van der Waals surface area contributed by atoms with Crippen molar-refractivity contribution in [3.8, 4) is 0 Å². The summed E-state index contributed by atoms with van der Waals surface area (Å²) in [5, 5.41) is 0. The Morgan fingerprint density at radius 2 is 2.00 bits per heavy atom. The van der Waals surface area contributed by atoms with E-state index in [9.17, 15) is 0 Å². The Balaban J connectivity index is 2.21. The van der Waals surface area contributed by atoms with Crippen molar-refractivity contribution in [2.75, 3.05) is 40.3 Å². The van der Waals surface area contributed by atoms with Crippen LogP contribution in [0.4, 0.5) is 0 Å². The highest BCUT2D eigenvalue weighted by Crippen LogP contribution is 2.16. The Morgan fingerprint density at radius 1 is 1.38 bits per heavy atom. The van der Waals surface area contributed by atoms with Crippen molar-refractivity contribution in [1.29, 1.82) is 0 Å². The van der Waals surface area contributed by atoms with E-state index in [0.717, 1.165) is 12.6 Å². The highest BCUT2D eigenvalue weighted by molar-refractivity contribution is 4.77. The molecule has 0 aromatic carbocycles. The Labute approximate surface area is 101 Å². The summed E-state index contributed by atoms with van der Waals surface area (Å²) < 4.78 is 0. The van der Waals surface area contributed by atoms with Crippen LogP contribution in [0.15, 0.2) is 0 Å². The average molecular weight is 227 g/mol. The molecule has 0 spiro atoms. The summed E-state index contributed by atoms with van der Waals surface area (Å²) in [5.41, 5.74) is 5.74. The quantitative estimate of drug-likeness (QED) is 0.744. The van der Waals surface area contributed by atoms with Crippen LogP contribution in [0.25, 0.3) is 0 Å². The van der Waals surface area contributed by atoms with Crippen molar-refractivity contribution in [2.24, 2.45) is 11.7 Å². The molecule has 0 aliphatic carbocycles. The lowest BCUT2D eigenvalue weighted by Crippen LogP contribution is -2.42. The molecule has 1 fully saturated rings. The summed E-state index contributed by atoms with van der Waals surface area (Å²) in [6.45, 7) is 6.81. The summed E-state index contributed by atoms with van der Waals surface area (Å²) in [4.78, 5) is 4.98. The zero-order valence-electron chi connectivity index (χ0n) is 11.3. The highest BCUT2D eigenvalue weighted by atomic mass is 15.2. The van der Waals surface area contributed by atoms with E-state index in [0.29, 0.717) is 5.92 Å². The van der Waals surface area contributed by atoms with E-state index in [1.807, 2.05) is 0 Å². The van der Waals surface area contributed by atoms with Gasteiger partial charge in [-0.3, -0.25) is 0 Å². The van der Waals surface area contributed by atoms with E-state index in [1.165, 1.54) is 45.3 Å². The zero-order valence-corrected chi connectivity index (χ0v) is 11.3. The Kier molecular flexibility index (Phi) is 6.32. The summed E-state index contributed by atoms with van der Waals surface area (Å²) in [6, 6.07) is 0.798. The van der Waals surface area contributed by atoms with E-state index >= 15 is 0 Å². The van der Waals surface area contributed by atoms with Crippen molar-refractivity contribution in [2.45, 2.75) is 38.6 Å². The molecule has 1 heterocycles. The Bertz CT molecular complexity index is 172. The maximum atomic E-state index is 5.74. The summed E-state index contributed by atoms with van der Waals surface area (Å²) in [6.07, 6.45) is 5.13. The van der Waals surface area contributed by atoms with Gasteiger partial charge in [0.05, 0.1) is 0 Å². The van der Waals surface area contributed by atoms with Crippen LogP contribution < -0.4 is 5.73 Å². The van der Waals surface area contributed by atoms with E-state index in [1.54, 1.807) is 0 Å². The van der Waals surface area contributed by atoms with Crippen LogP contribution in [0.5, 0.6) is 0 Å². The molecule has 1 rings (SSSR count). The summed E-state index contributed by atoms with van der Waals surface area (Å²) in [5.74, 6) is 0.716. The highest BCUT2D eigenvalue weighted by Gasteiger charge is 2.20. The van der Waals surface area contributed by atoms with Gasteiger partial charge in [-0.15, -0.1) is 0 Å². The first-order chi connectivity index (χ1) is 7.67. The molecule has 3 heteroatoms. The van der Waals surface area contributed by atoms with Crippen molar-refractivity contribution in [1.82, 2.24) is 9.80 Å². The molecular formula is C13H29N3. The lowest BCUT2D eigenvalue weighted by atomic mass is 10.00. The van der Waals surface area contributed by atoms with Gasteiger partial charge in [0.25, 0.3) is 0 Å². The molecule has 1 aliphatic rings. The molecule has 1 unspecified atom stereocenters. The lowest BCUT2D eigenvalue weighted by Gasteiger charge is -2.35. The van der Waals surface area contributed by atoms with Crippen molar-refractivity contribution < 1.29 is 0 Å². The van der Waals surface area contributed by atoms with Gasteiger partial charge in [0.1, 0.15) is 0 Å². The predicted octanol–water partition coefficient (Wildman–Crippen LogP) is 1.39. The standard InChI is InChI=1S/C13H29N3/c1-4-12(11-14)5-10-16(3)13-6-8-15(2)9-7-13/h12-13H,4-11,14H2,1-3H3. The molecule has 0 saturated carbocycles. The maximum absolute atomic E-state index is 5.74. The molecule has 0 aromatic rings. The number of nitrogens with zero attached hydrogens (tertiary/aromatic N) is 2. The van der Waals surface area contributed by atoms with Crippen molar-refractivity contribution in [3.05, 3.63) is 0 Å². The first-order valence-electron chi connectivity index (χ1n) is 6.76. The first-order valence-corrected chi connectivity index (χ1v) is 6.76. The summed E-state index contributed by atoms with van der Waals surface area (Å²) >= 11 is 0. The van der Waals surface area contributed by atoms with E-state index in [2.05, 4.69) is 30.8 Å². The van der Waals surface area contributed by atoms with Crippen LogP contribution in [0.1, 0.15) is 32.6 Å². The smallest absolute Gasteiger partial charge is 0.0117 e. The van der Waals surface area contributed by atoms with E-state index in [-0.39, 0.29) is 0 Å². The zero-order chi connectivity index (χ0) is 12.0. The molecule has 2 N–H and O–H groups in total. The number of piperidine rings is 1. The number of hydrogen-bond donors (Lipinski definition) is 1. The monoisotopic (exact) mass is 227 g/mol. The molecule has 0 radical (unpaired) electrons. The third-order valence-electron chi connectivity index (χ3n) is 4.11. The molecular weight excluding hydrogens is 198 g/mol. The van der Waals surface area contributed by atoms with Crippen LogP contribution in [-0.2, 0) is 0 Å². The molecule has 0 bridgehead atoms. The molecule has 3 nitrogen and oxygen atoms in total. The largest absolute Gasteiger partial charge is 0.330 e. The van der Waals surface area contributed by atoms with Crippen molar-refractivity contribution >= 4 is 0 Å². The SMILES string of the molecule is CCC(CN)CCN(C)C1CCN(C)CC1. The fraction of sp³-hybridized carbons (Fsp3) is 1.00. The topological polar surface area (TPSA) is 32.5 Å². The van der Waals surface area contributed by atoms with Gasteiger partial charge >= 0.3 is 0 Å². The third-order valence-corrected chi connectivity index (χ3v) is 4.11. The van der Waals surface area contributed by atoms with Gasteiger partial charge in [-0.05, 0) is 65.5 Å². The normalized spacial score (nSPS) is 21.6. The molecule has 1 atom stereocenters. The number of nitrogens with two attached hydrogens (primary N) is 1. The minimum Gasteiger partial charge on any atom is -0.330 e. The third kappa shape index (κ3) is 4.40. The van der Waals surface area contributed by atoms with Crippen molar-refractivity contribution in [3.63, 3.8) is 0 Å². The number of likely N-dealkylation sites (tertiary alicyclic amines) is 1.